The van der Waals surface area contributed by atoms with Crippen LogP contribution in [-0.2, 0) is 14.9 Å². The zero-order chi connectivity index (χ0) is 21.8. The third-order valence-electron chi connectivity index (χ3n) is 6.32. The van der Waals surface area contributed by atoms with E-state index in [0.717, 1.165) is 18.7 Å². The first-order valence-corrected chi connectivity index (χ1v) is 10.6. The molecule has 1 aliphatic carbocycles. The van der Waals surface area contributed by atoms with Gasteiger partial charge >= 0.3 is 6.09 Å². The number of anilines is 1. The van der Waals surface area contributed by atoms with Crippen LogP contribution in [-0.4, -0.2) is 70.0 Å². The number of carbonyl (C=O) groups is 2. The van der Waals surface area contributed by atoms with Gasteiger partial charge in [0.05, 0.1) is 19.0 Å². The van der Waals surface area contributed by atoms with Gasteiger partial charge in [-0.05, 0) is 50.8 Å². The van der Waals surface area contributed by atoms with E-state index in [2.05, 4.69) is 22.4 Å². The van der Waals surface area contributed by atoms with Gasteiger partial charge in [0.2, 0.25) is 6.23 Å². The number of aromatic nitrogens is 3. The number of carbonyl (C=O) groups excluding carboxylic acids is 2. The summed E-state index contributed by atoms with van der Waals surface area (Å²) in [5.74, 6) is 0.214. The van der Waals surface area contributed by atoms with Crippen molar-refractivity contribution >= 4 is 17.7 Å². The number of piperidine rings is 1. The summed E-state index contributed by atoms with van der Waals surface area (Å²) in [6.45, 7) is 8.20. The van der Waals surface area contributed by atoms with Gasteiger partial charge in [0.1, 0.15) is 5.60 Å². The van der Waals surface area contributed by atoms with E-state index in [1.54, 1.807) is 0 Å². The van der Waals surface area contributed by atoms with E-state index in [1.165, 1.54) is 22.6 Å². The standard InChI is InChI=1S/C22H27N5O4/c1-21(2,3)31-20(29)25-13-16-12-22(16,14-25)15-4-6-17(7-5-15)26-10-11-30-19(26)18(28)27-9-8-23-24-27/h4-9,16,19H,10-14H2,1-3H3/t16?,19-,22?/m1/s1. The van der Waals surface area contributed by atoms with E-state index >= 15 is 0 Å². The van der Waals surface area contributed by atoms with Crippen LogP contribution in [0.15, 0.2) is 36.7 Å². The second kappa shape index (κ2) is 7.05. The predicted molar refractivity (Wildman–Crippen MR) is 112 cm³/mol. The summed E-state index contributed by atoms with van der Waals surface area (Å²) in [7, 11) is 0. The molecule has 0 radical (unpaired) electrons. The summed E-state index contributed by atoms with van der Waals surface area (Å²) < 4.78 is 12.4. The number of fused-ring (bicyclic) bond motifs is 1. The molecular formula is C22H27N5O4. The number of hydrogen-bond donors (Lipinski definition) is 0. The van der Waals surface area contributed by atoms with Gasteiger partial charge in [-0.2, -0.15) is 4.68 Å². The average molecular weight is 425 g/mol. The lowest BCUT2D eigenvalue weighted by atomic mass is 9.94. The Balaban J connectivity index is 1.29. The predicted octanol–water partition coefficient (Wildman–Crippen LogP) is 2.29. The molecule has 2 aliphatic heterocycles. The molecule has 1 saturated carbocycles. The molecule has 3 aliphatic rings. The van der Waals surface area contributed by atoms with Crippen molar-refractivity contribution in [1.29, 1.82) is 0 Å². The summed E-state index contributed by atoms with van der Waals surface area (Å²) in [6, 6.07) is 8.30. The van der Waals surface area contributed by atoms with Crippen LogP contribution in [0.25, 0.3) is 0 Å². The highest BCUT2D eigenvalue weighted by Crippen LogP contribution is 2.59. The summed E-state index contributed by atoms with van der Waals surface area (Å²) >= 11 is 0. The molecule has 1 aromatic carbocycles. The maximum Gasteiger partial charge on any atom is 0.410 e. The molecule has 5 rings (SSSR count). The van der Waals surface area contributed by atoms with E-state index < -0.39 is 11.8 Å². The van der Waals surface area contributed by atoms with E-state index in [-0.39, 0.29) is 17.4 Å². The third-order valence-corrected chi connectivity index (χ3v) is 6.32. The second-order valence-corrected chi connectivity index (χ2v) is 9.57. The smallest absolute Gasteiger partial charge is 0.410 e. The first-order chi connectivity index (χ1) is 14.8. The van der Waals surface area contributed by atoms with Gasteiger partial charge < -0.3 is 19.3 Å². The lowest BCUT2D eigenvalue weighted by Gasteiger charge is -2.27. The maximum atomic E-state index is 12.7. The molecule has 0 spiro atoms. The van der Waals surface area contributed by atoms with Crippen LogP contribution in [0.2, 0.25) is 0 Å². The largest absolute Gasteiger partial charge is 0.444 e. The van der Waals surface area contributed by atoms with Crippen molar-refractivity contribution in [3.63, 3.8) is 0 Å². The number of amides is 1. The van der Waals surface area contributed by atoms with Crippen LogP contribution in [0.5, 0.6) is 0 Å². The molecule has 1 amide bonds. The first-order valence-electron chi connectivity index (χ1n) is 10.6. The highest BCUT2D eigenvalue weighted by molar-refractivity contribution is 5.85. The van der Waals surface area contributed by atoms with Crippen molar-refractivity contribution in [2.45, 2.75) is 44.4 Å². The first kappa shape index (κ1) is 20.0. The van der Waals surface area contributed by atoms with Crippen LogP contribution >= 0.6 is 0 Å². The van der Waals surface area contributed by atoms with Crippen molar-refractivity contribution in [3.05, 3.63) is 42.2 Å². The summed E-state index contributed by atoms with van der Waals surface area (Å²) in [6.07, 6.45) is 3.13. The Morgan fingerprint density at radius 3 is 2.68 bits per heavy atom. The Bertz CT molecular complexity index is 984. The number of likely N-dealkylation sites (tertiary alicyclic amines) is 1. The summed E-state index contributed by atoms with van der Waals surface area (Å²) in [4.78, 5) is 28.9. The van der Waals surface area contributed by atoms with Gasteiger partial charge in [-0.15, -0.1) is 5.10 Å². The lowest BCUT2D eigenvalue weighted by Crippen LogP contribution is -2.40. The monoisotopic (exact) mass is 425 g/mol. The molecule has 0 bridgehead atoms. The lowest BCUT2D eigenvalue weighted by molar-refractivity contribution is 0.0270. The molecule has 9 nitrogen and oxygen atoms in total. The van der Waals surface area contributed by atoms with Crippen LogP contribution in [0.4, 0.5) is 10.5 Å². The van der Waals surface area contributed by atoms with Crippen LogP contribution in [0.1, 0.15) is 37.6 Å². The van der Waals surface area contributed by atoms with Crippen LogP contribution in [0.3, 0.4) is 0 Å². The highest BCUT2D eigenvalue weighted by Gasteiger charge is 2.62. The van der Waals surface area contributed by atoms with Crippen LogP contribution in [0, 0.1) is 5.92 Å². The molecule has 164 valence electrons. The Hall–Kier alpha value is -2.94. The Kier molecular flexibility index (Phi) is 4.55. The number of benzene rings is 1. The van der Waals surface area contributed by atoms with E-state index in [1.807, 2.05) is 42.7 Å². The van der Waals surface area contributed by atoms with Gasteiger partial charge in [0.25, 0.3) is 5.91 Å². The average Bonchev–Trinajstić information content (AvgIpc) is 3.22. The molecule has 0 N–H and O–H groups in total. The van der Waals surface area contributed by atoms with E-state index in [0.29, 0.717) is 25.6 Å². The van der Waals surface area contributed by atoms with Crippen molar-refractivity contribution in [1.82, 2.24) is 19.9 Å². The fraction of sp³-hybridized carbons (Fsp3) is 0.545. The third kappa shape index (κ3) is 3.56. The number of rotatable bonds is 3. The molecule has 3 atom stereocenters. The summed E-state index contributed by atoms with van der Waals surface area (Å²) in [5.41, 5.74) is 1.69. The highest BCUT2D eigenvalue weighted by atomic mass is 16.6. The number of hydrogen-bond acceptors (Lipinski definition) is 7. The summed E-state index contributed by atoms with van der Waals surface area (Å²) in [5, 5.41) is 7.48. The normalized spacial score (nSPS) is 27.3. The molecule has 3 heterocycles. The van der Waals surface area contributed by atoms with Crippen molar-refractivity contribution in [2.75, 3.05) is 31.1 Å². The Morgan fingerprint density at radius 2 is 2.00 bits per heavy atom. The second-order valence-electron chi connectivity index (χ2n) is 9.57. The Morgan fingerprint density at radius 1 is 1.23 bits per heavy atom. The molecule has 31 heavy (non-hydrogen) atoms. The van der Waals surface area contributed by atoms with Gasteiger partial charge in [-0.3, -0.25) is 4.79 Å². The Labute approximate surface area is 180 Å². The van der Waals surface area contributed by atoms with Crippen molar-refractivity contribution < 1.29 is 19.1 Å². The van der Waals surface area contributed by atoms with Crippen molar-refractivity contribution in [2.24, 2.45) is 5.92 Å². The minimum Gasteiger partial charge on any atom is -0.444 e. The van der Waals surface area contributed by atoms with Crippen LogP contribution < -0.4 is 4.90 Å². The van der Waals surface area contributed by atoms with Gasteiger partial charge in [0.15, 0.2) is 0 Å². The van der Waals surface area contributed by atoms with Gasteiger partial charge in [0, 0.05) is 30.7 Å². The van der Waals surface area contributed by atoms with E-state index in [4.69, 9.17) is 9.47 Å². The fourth-order valence-corrected chi connectivity index (χ4v) is 4.76. The molecular weight excluding hydrogens is 398 g/mol. The number of nitrogens with zero attached hydrogens (tertiary/aromatic N) is 5. The minimum absolute atomic E-state index is 0.0207. The zero-order valence-corrected chi connectivity index (χ0v) is 18.0. The number of ether oxygens (including phenoxy) is 2. The quantitative estimate of drug-likeness (QED) is 0.745. The van der Waals surface area contributed by atoms with Crippen molar-refractivity contribution in [3.8, 4) is 0 Å². The van der Waals surface area contributed by atoms with Gasteiger partial charge in [-0.25, -0.2) is 4.79 Å². The molecule has 2 unspecified atom stereocenters. The zero-order valence-electron chi connectivity index (χ0n) is 18.0. The SMILES string of the molecule is CC(C)(C)OC(=O)N1CC2CC2(c2ccc(N3CCO[C@@H]3C(=O)n3ccnn3)cc2)C1. The van der Waals surface area contributed by atoms with Gasteiger partial charge in [-0.1, -0.05) is 17.3 Å². The van der Waals surface area contributed by atoms with E-state index in [9.17, 15) is 9.59 Å². The minimum atomic E-state index is -0.714. The molecule has 1 aromatic heterocycles. The molecule has 3 fully saturated rings. The topological polar surface area (TPSA) is 89.8 Å². The molecule has 9 heteroatoms. The molecule has 2 aromatic rings. The molecule has 2 saturated heterocycles. The maximum absolute atomic E-state index is 12.7. The fourth-order valence-electron chi connectivity index (χ4n) is 4.76.